The third-order valence-electron chi connectivity index (χ3n) is 6.16. The Hall–Kier alpha value is -2.62. The van der Waals surface area contributed by atoms with E-state index >= 15 is 0 Å². The lowest BCUT2D eigenvalue weighted by Gasteiger charge is -2.23. The van der Waals surface area contributed by atoms with E-state index in [4.69, 9.17) is 21.1 Å². The van der Waals surface area contributed by atoms with Gasteiger partial charge in [0.2, 0.25) is 0 Å². The van der Waals surface area contributed by atoms with E-state index in [1.807, 2.05) is 18.2 Å². The molecule has 2 aromatic heterocycles. The van der Waals surface area contributed by atoms with Gasteiger partial charge in [-0.25, -0.2) is 8.42 Å². The molecule has 34 heavy (non-hydrogen) atoms. The Balaban J connectivity index is 1.28. The molecule has 178 valence electrons. The Morgan fingerprint density at radius 3 is 2.62 bits per heavy atom. The summed E-state index contributed by atoms with van der Waals surface area (Å²) >= 11 is 7.36. The van der Waals surface area contributed by atoms with E-state index in [1.54, 1.807) is 36.4 Å². The zero-order valence-electron chi connectivity index (χ0n) is 18.5. The van der Waals surface area contributed by atoms with E-state index in [2.05, 4.69) is 4.98 Å². The number of anilines is 1. The lowest BCUT2D eigenvalue weighted by atomic mass is 10.0. The van der Waals surface area contributed by atoms with Gasteiger partial charge in [-0.1, -0.05) is 11.6 Å². The zero-order valence-corrected chi connectivity index (χ0v) is 20.9. The Kier molecular flexibility index (Phi) is 6.26. The zero-order chi connectivity index (χ0) is 23.9. The number of hydrogen-bond acceptors (Lipinski definition) is 7. The summed E-state index contributed by atoms with van der Waals surface area (Å²) in [5.74, 6) is 1.70. The summed E-state index contributed by atoms with van der Waals surface area (Å²) in [5, 5.41) is 0.572. The molecular weight excluding hydrogens is 496 g/mol. The summed E-state index contributed by atoms with van der Waals surface area (Å²) in [6.07, 6.45) is 2.82. The van der Waals surface area contributed by atoms with Crippen LogP contribution in [0.4, 0.5) is 5.69 Å². The number of sulfone groups is 1. The molecule has 2 aliphatic rings. The van der Waals surface area contributed by atoms with Gasteiger partial charge in [-0.05, 0) is 54.7 Å². The maximum Gasteiger partial charge on any atom is 0.269 e. The van der Waals surface area contributed by atoms with Crippen LogP contribution in [-0.2, 0) is 16.4 Å². The smallest absolute Gasteiger partial charge is 0.269 e. The molecule has 4 heterocycles. The summed E-state index contributed by atoms with van der Waals surface area (Å²) in [6.45, 7) is 0.908. The van der Waals surface area contributed by atoms with Crippen molar-refractivity contribution >= 4 is 44.4 Å². The monoisotopic (exact) mass is 518 g/mol. The Labute approximate surface area is 207 Å². The molecule has 0 atom stereocenters. The normalized spacial score (nSPS) is 17.6. The number of amides is 1. The number of fused-ring (bicyclic) bond motifs is 1. The molecule has 3 aromatic rings. The molecule has 10 heteroatoms. The van der Waals surface area contributed by atoms with Crippen LogP contribution in [0.2, 0.25) is 5.02 Å². The van der Waals surface area contributed by atoms with Crippen molar-refractivity contribution in [3.63, 3.8) is 0 Å². The third-order valence-corrected chi connectivity index (χ3v) is 9.29. The topological polar surface area (TPSA) is 85.8 Å². The molecule has 7 nitrogen and oxygen atoms in total. The molecule has 0 bridgehead atoms. The highest BCUT2D eigenvalue weighted by molar-refractivity contribution is 7.91. The number of nitrogens with zero attached hydrogens (tertiary/aromatic N) is 2. The molecule has 5 rings (SSSR count). The number of carbonyl (C=O) groups is 1. The number of hydrogen-bond donors (Lipinski definition) is 0. The first-order valence-electron chi connectivity index (χ1n) is 10.9. The average molecular weight is 519 g/mol. The van der Waals surface area contributed by atoms with Crippen LogP contribution >= 0.6 is 22.9 Å². The van der Waals surface area contributed by atoms with Crippen molar-refractivity contribution in [2.45, 2.75) is 19.4 Å². The summed E-state index contributed by atoms with van der Waals surface area (Å²) in [6, 6.07) is 11.1. The average Bonchev–Trinajstić information content (AvgIpc) is 3.38. The third kappa shape index (κ3) is 4.64. The van der Waals surface area contributed by atoms with Crippen molar-refractivity contribution in [1.29, 1.82) is 0 Å². The lowest BCUT2D eigenvalue weighted by Crippen LogP contribution is -2.27. The number of benzene rings is 1. The van der Waals surface area contributed by atoms with Gasteiger partial charge in [0, 0.05) is 18.0 Å². The molecule has 2 aliphatic heterocycles. The molecule has 1 aromatic carbocycles. The van der Waals surface area contributed by atoms with E-state index in [0.29, 0.717) is 47.4 Å². The van der Waals surface area contributed by atoms with Crippen molar-refractivity contribution < 1.29 is 22.7 Å². The summed E-state index contributed by atoms with van der Waals surface area (Å²) in [5.41, 5.74) is 2.49. The fourth-order valence-corrected chi connectivity index (χ4v) is 7.00. The van der Waals surface area contributed by atoms with Gasteiger partial charge < -0.3 is 14.4 Å². The van der Waals surface area contributed by atoms with Gasteiger partial charge in [-0.3, -0.25) is 9.78 Å². The number of carbonyl (C=O) groups excluding carboxylic acids is 1. The Bertz CT molecular complexity index is 1320. The first-order chi connectivity index (χ1) is 16.3. The van der Waals surface area contributed by atoms with Crippen molar-refractivity contribution in [1.82, 2.24) is 4.98 Å². The largest absolute Gasteiger partial charge is 0.493 e. The van der Waals surface area contributed by atoms with Crippen molar-refractivity contribution in [3.05, 3.63) is 58.1 Å². The van der Waals surface area contributed by atoms with Gasteiger partial charge in [0.25, 0.3) is 5.91 Å². The van der Waals surface area contributed by atoms with Crippen LogP contribution in [0.1, 0.15) is 28.1 Å². The Morgan fingerprint density at radius 2 is 1.94 bits per heavy atom. The first-order valence-corrected chi connectivity index (χ1v) is 13.9. The molecule has 1 amide bonds. The second-order valence-corrected chi connectivity index (χ2v) is 12.3. The van der Waals surface area contributed by atoms with Crippen molar-refractivity contribution in [3.8, 4) is 22.1 Å². The molecule has 0 N–H and O–H groups in total. The van der Waals surface area contributed by atoms with Crippen molar-refractivity contribution in [2.24, 2.45) is 5.92 Å². The van der Waals surface area contributed by atoms with Crippen LogP contribution < -0.4 is 14.4 Å². The minimum Gasteiger partial charge on any atom is -0.493 e. The molecule has 0 aliphatic carbocycles. The van der Waals surface area contributed by atoms with Gasteiger partial charge in [0.05, 0.1) is 52.2 Å². The maximum absolute atomic E-state index is 13.1. The van der Waals surface area contributed by atoms with E-state index < -0.39 is 9.84 Å². The molecule has 0 unspecified atom stereocenters. The predicted molar refractivity (Wildman–Crippen MR) is 133 cm³/mol. The first kappa shape index (κ1) is 23.1. The molecule has 1 fully saturated rings. The number of halogens is 1. The highest BCUT2D eigenvalue weighted by Gasteiger charge is 2.32. The second-order valence-electron chi connectivity index (χ2n) is 8.46. The summed E-state index contributed by atoms with van der Waals surface area (Å²) in [7, 11) is -1.33. The highest BCUT2D eigenvalue weighted by Crippen LogP contribution is 2.40. The number of rotatable bonds is 6. The summed E-state index contributed by atoms with van der Waals surface area (Å²) in [4.78, 5) is 20.9. The SMILES string of the molecule is COc1cc(N2Cc3cc(-c4ccc(Cl)cn4)sc3C2=O)ccc1OCC1CCS(=O)(=O)CC1. The van der Waals surface area contributed by atoms with Crippen LogP contribution in [0.25, 0.3) is 10.6 Å². The highest BCUT2D eigenvalue weighted by atomic mass is 35.5. The van der Waals surface area contributed by atoms with Gasteiger partial charge in [-0.15, -0.1) is 11.3 Å². The number of pyridine rings is 1. The minimum atomic E-state index is -2.90. The molecular formula is C24H23ClN2O5S2. The predicted octanol–water partition coefficient (Wildman–Crippen LogP) is 4.84. The standard InChI is InChI=1S/C24H23ClN2O5S2/c1-31-21-11-18(3-5-20(21)32-14-15-6-8-34(29,30)9-7-15)27-13-16-10-22(33-23(16)24(27)28)19-4-2-17(25)12-26-19/h2-5,10-12,15H,6-9,13-14H2,1H3. The molecule has 0 saturated carbocycles. The number of aromatic nitrogens is 1. The molecule has 0 spiro atoms. The van der Waals surface area contributed by atoms with E-state index in [9.17, 15) is 13.2 Å². The second kappa shape index (κ2) is 9.20. The van der Waals surface area contributed by atoms with Crippen LogP contribution in [0.5, 0.6) is 11.5 Å². The van der Waals surface area contributed by atoms with Crippen LogP contribution in [0.3, 0.4) is 0 Å². The number of ether oxygens (including phenoxy) is 2. The van der Waals surface area contributed by atoms with E-state index in [0.717, 1.165) is 21.8 Å². The van der Waals surface area contributed by atoms with Gasteiger partial charge >= 0.3 is 0 Å². The van der Waals surface area contributed by atoms with Crippen LogP contribution in [0, 0.1) is 5.92 Å². The van der Waals surface area contributed by atoms with Gasteiger partial charge in [0.15, 0.2) is 11.5 Å². The fraction of sp³-hybridized carbons (Fsp3) is 0.333. The maximum atomic E-state index is 13.1. The lowest BCUT2D eigenvalue weighted by molar-refractivity contribution is 0.1000. The van der Waals surface area contributed by atoms with Gasteiger partial charge in [-0.2, -0.15) is 0 Å². The van der Waals surface area contributed by atoms with E-state index in [1.165, 1.54) is 11.3 Å². The van der Waals surface area contributed by atoms with Crippen LogP contribution in [0.15, 0.2) is 42.6 Å². The van der Waals surface area contributed by atoms with Crippen molar-refractivity contribution in [2.75, 3.05) is 30.1 Å². The number of methoxy groups -OCH3 is 1. The summed E-state index contributed by atoms with van der Waals surface area (Å²) < 4.78 is 34.7. The fourth-order valence-electron chi connectivity index (χ4n) is 4.20. The quantitative estimate of drug-likeness (QED) is 0.464. The van der Waals surface area contributed by atoms with Crippen LogP contribution in [-0.4, -0.2) is 44.5 Å². The van der Waals surface area contributed by atoms with Gasteiger partial charge in [0.1, 0.15) is 9.84 Å². The minimum absolute atomic E-state index is 0.0562. The Morgan fingerprint density at radius 1 is 1.15 bits per heavy atom. The number of thiophene rings is 1. The van der Waals surface area contributed by atoms with E-state index in [-0.39, 0.29) is 23.3 Å². The molecule has 0 radical (unpaired) electrons. The molecule has 1 saturated heterocycles.